The summed E-state index contributed by atoms with van der Waals surface area (Å²) >= 11 is 3.37. The number of halogens is 1. The van der Waals surface area contributed by atoms with Crippen LogP contribution in [0.4, 0.5) is 5.69 Å². The summed E-state index contributed by atoms with van der Waals surface area (Å²) in [4.78, 5) is 36.4. The first kappa shape index (κ1) is 16.6. The number of carbonyl (C=O) groups excluding carboxylic acids is 3. The molecule has 1 saturated heterocycles. The molecule has 1 heterocycles. The molecule has 4 rings (SSSR count). The molecular weight excluding hydrogens is 390 g/mol. The third kappa shape index (κ3) is 2.84. The number of ether oxygens (including phenoxy) is 2. The molecule has 1 N–H and O–H groups in total. The summed E-state index contributed by atoms with van der Waals surface area (Å²) in [6.45, 7) is 1.52. The fourth-order valence-corrected chi connectivity index (χ4v) is 4.99. The molecule has 1 aromatic rings. The third-order valence-corrected chi connectivity index (χ3v) is 6.06. The largest absolute Gasteiger partial charge is 0.462 e. The van der Waals surface area contributed by atoms with Crippen molar-refractivity contribution in [3.05, 3.63) is 28.2 Å². The van der Waals surface area contributed by atoms with Crippen molar-refractivity contribution < 1.29 is 23.9 Å². The van der Waals surface area contributed by atoms with Gasteiger partial charge in [0.05, 0.1) is 11.8 Å². The van der Waals surface area contributed by atoms with E-state index in [1.54, 1.807) is 6.07 Å². The summed E-state index contributed by atoms with van der Waals surface area (Å²) in [5, 5.41) is 2.73. The van der Waals surface area contributed by atoms with Crippen molar-refractivity contribution in [2.45, 2.75) is 25.9 Å². The van der Waals surface area contributed by atoms with Crippen LogP contribution < -0.4 is 5.32 Å². The molecule has 5 atom stereocenters. The zero-order valence-corrected chi connectivity index (χ0v) is 15.2. The number of aryl methyl sites for hydroxylation is 1. The van der Waals surface area contributed by atoms with Crippen LogP contribution in [0.25, 0.3) is 0 Å². The number of esters is 2. The van der Waals surface area contributed by atoms with Crippen molar-refractivity contribution in [3.8, 4) is 0 Å². The van der Waals surface area contributed by atoms with Crippen LogP contribution >= 0.6 is 15.9 Å². The molecule has 2 saturated carbocycles. The van der Waals surface area contributed by atoms with Gasteiger partial charge < -0.3 is 14.8 Å². The Kier molecular flexibility index (Phi) is 4.06. The molecule has 0 aromatic heterocycles. The van der Waals surface area contributed by atoms with Crippen LogP contribution in [-0.4, -0.2) is 30.6 Å². The second-order valence-corrected chi connectivity index (χ2v) is 7.95. The van der Waals surface area contributed by atoms with Gasteiger partial charge in [-0.3, -0.25) is 14.4 Å². The first-order chi connectivity index (χ1) is 11.9. The molecule has 0 radical (unpaired) electrons. The maximum Gasteiger partial charge on any atom is 0.310 e. The van der Waals surface area contributed by atoms with Crippen molar-refractivity contribution >= 4 is 39.5 Å². The highest BCUT2D eigenvalue weighted by Gasteiger charge is 2.64. The van der Waals surface area contributed by atoms with Gasteiger partial charge >= 0.3 is 11.9 Å². The van der Waals surface area contributed by atoms with Crippen LogP contribution in [0.3, 0.4) is 0 Å². The van der Waals surface area contributed by atoms with E-state index in [4.69, 9.17) is 9.47 Å². The Balaban J connectivity index is 1.34. The molecule has 2 bridgehead atoms. The Bertz CT molecular complexity index is 762. The van der Waals surface area contributed by atoms with Crippen molar-refractivity contribution in [2.75, 3.05) is 11.9 Å². The van der Waals surface area contributed by atoms with E-state index in [-0.39, 0.29) is 36.4 Å². The molecule has 3 aliphatic rings. The lowest BCUT2D eigenvalue weighted by Gasteiger charge is -2.22. The number of benzene rings is 1. The minimum atomic E-state index is -0.461. The Morgan fingerprint density at radius 2 is 2.16 bits per heavy atom. The molecule has 25 heavy (non-hydrogen) atoms. The topological polar surface area (TPSA) is 81.7 Å². The minimum Gasteiger partial charge on any atom is -0.462 e. The van der Waals surface area contributed by atoms with Crippen molar-refractivity contribution in [2.24, 2.45) is 23.7 Å². The van der Waals surface area contributed by atoms with Gasteiger partial charge in [0.15, 0.2) is 6.61 Å². The molecule has 1 aromatic carbocycles. The zero-order valence-electron chi connectivity index (χ0n) is 13.7. The smallest absolute Gasteiger partial charge is 0.310 e. The fourth-order valence-electron chi connectivity index (χ4n) is 4.51. The average Bonchev–Trinajstić information content (AvgIpc) is 3.17. The van der Waals surface area contributed by atoms with Crippen molar-refractivity contribution in [1.82, 2.24) is 0 Å². The van der Waals surface area contributed by atoms with E-state index < -0.39 is 17.8 Å². The van der Waals surface area contributed by atoms with E-state index in [9.17, 15) is 14.4 Å². The van der Waals surface area contributed by atoms with Crippen molar-refractivity contribution in [3.63, 3.8) is 0 Å². The number of amides is 1. The lowest BCUT2D eigenvalue weighted by molar-refractivity contribution is -0.157. The summed E-state index contributed by atoms with van der Waals surface area (Å²) in [5.41, 5.74) is 1.58. The Labute approximate surface area is 153 Å². The highest BCUT2D eigenvalue weighted by atomic mass is 79.9. The summed E-state index contributed by atoms with van der Waals surface area (Å²) in [6, 6.07) is 5.49. The van der Waals surface area contributed by atoms with Crippen molar-refractivity contribution in [1.29, 1.82) is 0 Å². The van der Waals surface area contributed by atoms with Gasteiger partial charge in [0.2, 0.25) is 0 Å². The highest BCUT2D eigenvalue weighted by Crippen LogP contribution is 2.57. The van der Waals surface area contributed by atoms with E-state index >= 15 is 0 Å². The maximum atomic E-state index is 12.4. The number of anilines is 1. The maximum absolute atomic E-state index is 12.4. The lowest BCUT2D eigenvalue weighted by atomic mass is 9.80. The number of carbonyl (C=O) groups is 3. The molecule has 0 unspecified atom stereocenters. The lowest BCUT2D eigenvalue weighted by Crippen LogP contribution is -2.35. The Morgan fingerprint density at radius 1 is 1.36 bits per heavy atom. The molecule has 1 aliphatic heterocycles. The SMILES string of the molecule is Cc1cc(Br)ccc1NC(=O)COC(=O)[C@H]1[C@@H]2C[C@H]3[C@@H]1C(=O)O[C@@H]3C2. The average molecular weight is 408 g/mol. The molecular formula is C18H18BrNO5. The van der Waals surface area contributed by atoms with E-state index in [1.807, 2.05) is 19.1 Å². The number of hydrogen-bond acceptors (Lipinski definition) is 5. The monoisotopic (exact) mass is 407 g/mol. The van der Waals surface area contributed by atoms with Crippen LogP contribution in [0.15, 0.2) is 22.7 Å². The quantitative estimate of drug-likeness (QED) is 0.775. The number of rotatable bonds is 4. The van der Waals surface area contributed by atoms with Gasteiger partial charge in [-0.15, -0.1) is 0 Å². The summed E-state index contributed by atoms with van der Waals surface area (Å²) in [6.07, 6.45) is 1.55. The molecule has 7 heteroatoms. The second-order valence-electron chi connectivity index (χ2n) is 7.04. The normalized spacial score (nSPS) is 31.8. The van der Waals surface area contributed by atoms with Gasteiger partial charge in [-0.25, -0.2) is 0 Å². The van der Waals surface area contributed by atoms with Gasteiger partial charge in [0.25, 0.3) is 5.91 Å². The van der Waals surface area contributed by atoms with E-state index in [0.717, 1.165) is 22.9 Å². The second kappa shape index (κ2) is 6.12. The number of nitrogens with one attached hydrogen (secondary N) is 1. The van der Waals surface area contributed by atoms with Crippen LogP contribution in [0.5, 0.6) is 0 Å². The molecule has 1 amide bonds. The number of fused-ring (bicyclic) bond motifs is 1. The van der Waals surface area contributed by atoms with Gasteiger partial charge in [-0.1, -0.05) is 15.9 Å². The molecule has 2 aliphatic carbocycles. The van der Waals surface area contributed by atoms with E-state index in [2.05, 4.69) is 21.2 Å². The van der Waals surface area contributed by atoms with Gasteiger partial charge in [0, 0.05) is 16.1 Å². The molecule has 6 nitrogen and oxygen atoms in total. The Hall–Kier alpha value is -1.89. The minimum absolute atomic E-state index is 0.0183. The zero-order chi connectivity index (χ0) is 17.7. The first-order valence-corrected chi connectivity index (χ1v) is 9.16. The Morgan fingerprint density at radius 3 is 2.92 bits per heavy atom. The summed E-state index contributed by atoms with van der Waals surface area (Å²) in [5.74, 6) is -1.70. The third-order valence-electron chi connectivity index (χ3n) is 5.56. The first-order valence-electron chi connectivity index (χ1n) is 8.37. The fraction of sp³-hybridized carbons (Fsp3) is 0.500. The number of hydrogen-bond donors (Lipinski definition) is 1. The predicted molar refractivity (Wildman–Crippen MR) is 91.5 cm³/mol. The van der Waals surface area contributed by atoms with E-state index in [0.29, 0.717) is 5.69 Å². The van der Waals surface area contributed by atoms with Crippen LogP contribution in [0, 0.1) is 30.6 Å². The molecule has 132 valence electrons. The standard InChI is InChI=1S/C18H18BrNO5/c1-8-4-10(19)2-3-12(8)20-14(21)7-24-17(22)15-9-5-11-13(6-9)25-18(23)16(11)15/h2-4,9,11,13,15-16H,5-7H2,1H3,(H,20,21)/t9-,11-,13-,15+,16+/m1/s1. The van der Waals surface area contributed by atoms with Gasteiger partial charge in [-0.05, 0) is 49.4 Å². The summed E-state index contributed by atoms with van der Waals surface area (Å²) in [7, 11) is 0. The van der Waals surface area contributed by atoms with Crippen LogP contribution in [-0.2, 0) is 23.9 Å². The predicted octanol–water partition coefficient (Wildman–Crippen LogP) is 2.44. The van der Waals surface area contributed by atoms with Gasteiger partial charge in [0.1, 0.15) is 6.10 Å². The van der Waals surface area contributed by atoms with Crippen LogP contribution in [0.2, 0.25) is 0 Å². The molecule has 0 spiro atoms. The molecule has 3 fully saturated rings. The van der Waals surface area contributed by atoms with Crippen LogP contribution in [0.1, 0.15) is 18.4 Å². The highest BCUT2D eigenvalue weighted by molar-refractivity contribution is 9.10. The summed E-state index contributed by atoms with van der Waals surface area (Å²) < 4.78 is 11.4. The van der Waals surface area contributed by atoms with Gasteiger partial charge in [-0.2, -0.15) is 0 Å². The van der Waals surface area contributed by atoms with E-state index in [1.165, 1.54) is 0 Å².